The normalized spacial score (nSPS) is 17.7. The maximum atomic E-state index is 12.6. The third-order valence-corrected chi connectivity index (χ3v) is 3.82. The van der Waals surface area contributed by atoms with E-state index in [1.165, 1.54) is 23.1 Å². The molecule has 132 valence electrons. The number of likely N-dealkylation sites (tertiary alicyclic amines) is 1. The second-order valence-electron chi connectivity index (χ2n) is 5.48. The minimum Gasteiger partial charge on any atom is -0.434 e. The van der Waals surface area contributed by atoms with Gasteiger partial charge in [0.2, 0.25) is 5.91 Å². The number of carbonyl (C=O) groups is 2. The third-order valence-electron chi connectivity index (χ3n) is 3.82. The van der Waals surface area contributed by atoms with Gasteiger partial charge in [-0.3, -0.25) is 9.59 Å². The molecule has 1 heterocycles. The molecule has 1 unspecified atom stereocenters. The van der Waals surface area contributed by atoms with Crippen molar-refractivity contribution in [2.45, 2.75) is 19.5 Å². The van der Waals surface area contributed by atoms with Gasteiger partial charge in [0.1, 0.15) is 5.75 Å². The molecule has 0 aromatic heterocycles. The molecule has 0 radical (unpaired) electrons. The van der Waals surface area contributed by atoms with Crippen LogP contribution in [0.3, 0.4) is 0 Å². The summed E-state index contributed by atoms with van der Waals surface area (Å²) in [6.45, 7) is -2.35. The number of hydrogen-bond acceptors (Lipinski definition) is 4. The molecule has 2 amide bonds. The summed E-state index contributed by atoms with van der Waals surface area (Å²) in [7, 11) is 0. The number of carbonyl (C=O) groups excluding carboxylic acids is 2. The summed E-state index contributed by atoms with van der Waals surface area (Å²) in [6, 6.07) is 5.82. The van der Waals surface area contributed by atoms with Crippen LogP contribution in [0.25, 0.3) is 0 Å². The van der Waals surface area contributed by atoms with Gasteiger partial charge >= 0.3 is 6.61 Å². The van der Waals surface area contributed by atoms with Crippen LogP contribution in [0, 0.1) is 5.92 Å². The van der Waals surface area contributed by atoms with Gasteiger partial charge in [0, 0.05) is 19.6 Å². The maximum absolute atomic E-state index is 12.6. The maximum Gasteiger partial charge on any atom is 0.387 e. The van der Waals surface area contributed by atoms with E-state index in [4.69, 9.17) is 5.11 Å². The fourth-order valence-corrected chi connectivity index (χ4v) is 2.71. The van der Waals surface area contributed by atoms with Gasteiger partial charge in [-0.15, -0.1) is 0 Å². The van der Waals surface area contributed by atoms with Crippen molar-refractivity contribution in [2.75, 3.05) is 26.2 Å². The highest BCUT2D eigenvalue weighted by Gasteiger charge is 2.30. The summed E-state index contributed by atoms with van der Waals surface area (Å²) in [4.78, 5) is 26.1. The smallest absolute Gasteiger partial charge is 0.387 e. The number of ether oxygens (including phenoxy) is 1. The lowest BCUT2D eigenvalue weighted by atomic mass is 9.96. The van der Waals surface area contributed by atoms with Gasteiger partial charge < -0.3 is 20.1 Å². The van der Waals surface area contributed by atoms with Crippen molar-refractivity contribution < 1.29 is 28.2 Å². The fourth-order valence-electron chi connectivity index (χ4n) is 2.71. The van der Waals surface area contributed by atoms with E-state index in [2.05, 4.69) is 10.1 Å². The zero-order valence-electron chi connectivity index (χ0n) is 13.1. The van der Waals surface area contributed by atoms with Crippen LogP contribution in [-0.2, 0) is 4.79 Å². The van der Waals surface area contributed by atoms with Crippen LogP contribution in [0.5, 0.6) is 5.75 Å². The lowest BCUT2D eigenvalue weighted by Crippen LogP contribution is -2.46. The van der Waals surface area contributed by atoms with E-state index in [-0.39, 0.29) is 42.8 Å². The van der Waals surface area contributed by atoms with Crippen molar-refractivity contribution in [2.24, 2.45) is 5.92 Å². The van der Waals surface area contributed by atoms with Gasteiger partial charge in [0.15, 0.2) is 0 Å². The number of aliphatic hydroxyl groups excluding tert-OH is 1. The molecule has 1 atom stereocenters. The monoisotopic (exact) mass is 342 g/mol. The largest absolute Gasteiger partial charge is 0.434 e. The first-order valence-corrected chi connectivity index (χ1v) is 7.74. The molecule has 0 saturated carbocycles. The van der Waals surface area contributed by atoms with E-state index in [1.807, 2.05) is 0 Å². The molecule has 1 saturated heterocycles. The number of rotatable bonds is 6. The molecule has 1 aliphatic rings. The van der Waals surface area contributed by atoms with Crippen LogP contribution < -0.4 is 10.1 Å². The molecular weight excluding hydrogens is 322 g/mol. The van der Waals surface area contributed by atoms with E-state index < -0.39 is 12.5 Å². The quantitative estimate of drug-likeness (QED) is 0.816. The van der Waals surface area contributed by atoms with Gasteiger partial charge in [-0.2, -0.15) is 8.78 Å². The Morgan fingerprint density at radius 2 is 2.12 bits per heavy atom. The summed E-state index contributed by atoms with van der Waals surface area (Å²) in [6.07, 6.45) is 1.27. The molecule has 0 spiro atoms. The Morgan fingerprint density at radius 1 is 1.38 bits per heavy atom. The molecule has 2 rings (SSSR count). The Balaban J connectivity index is 2.08. The minimum absolute atomic E-state index is 0.0502. The Morgan fingerprint density at radius 3 is 2.83 bits per heavy atom. The standard InChI is InChI=1S/C16H20F2N2O4/c17-16(18)24-13-6-2-1-5-12(13)15(23)20-8-3-4-11(10-20)14(22)19-7-9-21/h1-2,5-6,11,16,21H,3-4,7-10H2,(H,19,22). The number of piperidine rings is 1. The molecule has 8 heteroatoms. The van der Waals surface area contributed by atoms with Crippen LogP contribution in [0.4, 0.5) is 8.78 Å². The summed E-state index contributed by atoms with van der Waals surface area (Å²) in [5.41, 5.74) is 0.0502. The van der Waals surface area contributed by atoms with Crippen molar-refractivity contribution >= 4 is 11.8 Å². The molecular formula is C16H20F2N2O4. The third kappa shape index (κ3) is 4.64. The van der Waals surface area contributed by atoms with Crippen LogP contribution >= 0.6 is 0 Å². The Kier molecular flexibility index (Phi) is 6.48. The van der Waals surface area contributed by atoms with Gasteiger partial charge in [-0.1, -0.05) is 12.1 Å². The Hall–Kier alpha value is -2.22. The Bertz CT molecular complexity index is 583. The summed E-state index contributed by atoms with van der Waals surface area (Å²) in [5.74, 6) is -1.22. The number of nitrogens with one attached hydrogen (secondary N) is 1. The molecule has 24 heavy (non-hydrogen) atoms. The van der Waals surface area contributed by atoms with E-state index in [0.29, 0.717) is 19.4 Å². The van der Waals surface area contributed by atoms with Crippen LogP contribution in [0.1, 0.15) is 23.2 Å². The fraction of sp³-hybridized carbons (Fsp3) is 0.500. The van der Waals surface area contributed by atoms with Crippen molar-refractivity contribution in [3.05, 3.63) is 29.8 Å². The molecule has 0 aliphatic carbocycles. The van der Waals surface area contributed by atoms with Crippen molar-refractivity contribution in [3.63, 3.8) is 0 Å². The van der Waals surface area contributed by atoms with Gasteiger partial charge in [-0.25, -0.2) is 0 Å². The molecule has 1 aromatic carbocycles. The van der Waals surface area contributed by atoms with Crippen molar-refractivity contribution in [1.29, 1.82) is 0 Å². The number of aliphatic hydroxyl groups is 1. The van der Waals surface area contributed by atoms with Gasteiger partial charge in [-0.05, 0) is 25.0 Å². The predicted octanol–water partition coefficient (Wildman–Crippen LogP) is 1.25. The van der Waals surface area contributed by atoms with Crippen molar-refractivity contribution in [1.82, 2.24) is 10.2 Å². The van der Waals surface area contributed by atoms with Gasteiger partial charge in [0.05, 0.1) is 18.1 Å². The van der Waals surface area contributed by atoms with E-state index >= 15 is 0 Å². The van der Waals surface area contributed by atoms with Crippen molar-refractivity contribution in [3.8, 4) is 5.75 Å². The highest BCUT2D eigenvalue weighted by Crippen LogP contribution is 2.25. The Labute approximate surface area is 138 Å². The van der Waals surface area contributed by atoms with E-state index in [0.717, 1.165) is 0 Å². The molecule has 1 aliphatic heterocycles. The van der Waals surface area contributed by atoms with E-state index in [9.17, 15) is 18.4 Å². The minimum atomic E-state index is -3.02. The molecule has 1 aromatic rings. The zero-order chi connectivity index (χ0) is 17.5. The van der Waals surface area contributed by atoms with Crippen LogP contribution in [-0.4, -0.2) is 54.7 Å². The molecule has 0 bridgehead atoms. The number of nitrogens with zero attached hydrogens (tertiary/aromatic N) is 1. The predicted molar refractivity (Wildman–Crippen MR) is 81.8 cm³/mol. The first kappa shape index (κ1) is 18.1. The van der Waals surface area contributed by atoms with E-state index in [1.54, 1.807) is 6.07 Å². The number of benzene rings is 1. The number of hydrogen-bond donors (Lipinski definition) is 2. The zero-order valence-corrected chi connectivity index (χ0v) is 13.1. The van der Waals surface area contributed by atoms with Crippen LogP contribution in [0.2, 0.25) is 0 Å². The number of para-hydroxylation sites is 1. The molecule has 2 N–H and O–H groups in total. The number of amides is 2. The topological polar surface area (TPSA) is 78.9 Å². The lowest BCUT2D eigenvalue weighted by molar-refractivity contribution is -0.126. The molecule has 1 fully saturated rings. The average Bonchev–Trinajstić information content (AvgIpc) is 2.59. The summed E-state index contributed by atoms with van der Waals surface area (Å²) >= 11 is 0. The highest BCUT2D eigenvalue weighted by molar-refractivity contribution is 5.97. The second-order valence-corrected chi connectivity index (χ2v) is 5.48. The molecule has 6 nitrogen and oxygen atoms in total. The summed E-state index contributed by atoms with van der Waals surface area (Å²) < 4.78 is 29.3. The highest BCUT2D eigenvalue weighted by atomic mass is 19.3. The average molecular weight is 342 g/mol. The lowest BCUT2D eigenvalue weighted by Gasteiger charge is -2.32. The summed E-state index contributed by atoms with van der Waals surface area (Å²) in [5, 5.41) is 11.3. The van der Waals surface area contributed by atoms with Crippen LogP contribution in [0.15, 0.2) is 24.3 Å². The SMILES string of the molecule is O=C(NCCO)C1CCCN(C(=O)c2ccccc2OC(F)F)C1. The first-order valence-electron chi connectivity index (χ1n) is 7.74. The number of halogens is 2. The second kappa shape index (κ2) is 8.58. The first-order chi connectivity index (χ1) is 11.5. The number of alkyl halides is 2. The van der Waals surface area contributed by atoms with Gasteiger partial charge in [0.25, 0.3) is 5.91 Å².